The molecule has 1 aromatic heterocycles. The molecule has 2 N–H and O–H groups in total. The van der Waals surface area contributed by atoms with E-state index in [1.54, 1.807) is 0 Å². The van der Waals surface area contributed by atoms with Gasteiger partial charge in [0, 0.05) is 28.2 Å². The molecule has 1 aliphatic rings. The molecule has 0 saturated heterocycles. The fraction of sp³-hybridized carbons (Fsp3) is 0.375. The Balaban J connectivity index is 1.95. The molecule has 2 aromatic rings. The van der Waals surface area contributed by atoms with Crippen molar-refractivity contribution in [3.05, 3.63) is 40.1 Å². The van der Waals surface area contributed by atoms with Crippen LogP contribution in [0.4, 0.5) is 17.3 Å². The zero-order valence-corrected chi connectivity index (χ0v) is 13.9. The summed E-state index contributed by atoms with van der Waals surface area (Å²) in [6.07, 6.45) is 2.40. The van der Waals surface area contributed by atoms with E-state index < -0.39 is 0 Å². The van der Waals surface area contributed by atoms with Gasteiger partial charge in [0.15, 0.2) is 0 Å². The van der Waals surface area contributed by atoms with E-state index in [1.807, 2.05) is 24.3 Å². The van der Waals surface area contributed by atoms with E-state index in [4.69, 9.17) is 4.98 Å². The minimum atomic E-state index is 0.533. The molecule has 1 aromatic carbocycles. The lowest BCUT2D eigenvalue weighted by Crippen LogP contribution is -2.09. The highest BCUT2D eigenvalue weighted by molar-refractivity contribution is 9.10. The van der Waals surface area contributed by atoms with Crippen LogP contribution in [0.2, 0.25) is 0 Å². The quantitative estimate of drug-likeness (QED) is 0.830. The average molecular weight is 347 g/mol. The Morgan fingerprint density at radius 2 is 2.00 bits per heavy atom. The Morgan fingerprint density at radius 1 is 1.24 bits per heavy atom. The molecule has 0 aliphatic heterocycles. The van der Waals surface area contributed by atoms with Gasteiger partial charge in [0.05, 0.1) is 0 Å². The van der Waals surface area contributed by atoms with Crippen LogP contribution in [0, 0.1) is 6.92 Å². The highest BCUT2D eigenvalue weighted by atomic mass is 79.9. The van der Waals surface area contributed by atoms with Gasteiger partial charge >= 0.3 is 0 Å². The first-order valence-corrected chi connectivity index (χ1v) is 8.11. The number of nitrogens with one attached hydrogen (secondary N) is 2. The number of hydrogen-bond acceptors (Lipinski definition) is 4. The SMILES string of the molecule is CCNc1nc(C2CC2)nc(Nc2cccc(Br)c2)c1C. The van der Waals surface area contributed by atoms with E-state index in [9.17, 15) is 0 Å². The van der Waals surface area contributed by atoms with E-state index in [-0.39, 0.29) is 0 Å². The lowest BCUT2D eigenvalue weighted by molar-refractivity contribution is 0.918. The number of hydrogen-bond donors (Lipinski definition) is 2. The van der Waals surface area contributed by atoms with E-state index in [2.05, 4.69) is 45.4 Å². The predicted octanol–water partition coefficient (Wildman–Crippen LogP) is 4.60. The second kappa shape index (κ2) is 6.02. The van der Waals surface area contributed by atoms with Gasteiger partial charge in [-0.2, -0.15) is 0 Å². The summed E-state index contributed by atoms with van der Waals surface area (Å²) < 4.78 is 1.05. The molecule has 5 heteroatoms. The lowest BCUT2D eigenvalue weighted by atomic mass is 10.2. The summed E-state index contributed by atoms with van der Waals surface area (Å²) in [5.74, 6) is 3.31. The van der Waals surface area contributed by atoms with Crippen LogP contribution in [0.3, 0.4) is 0 Å². The van der Waals surface area contributed by atoms with Crippen LogP contribution < -0.4 is 10.6 Å². The molecule has 21 heavy (non-hydrogen) atoms. The number of rotatable bonds is 5. The minimum absolute atomic E-state index is 0.533. The van der Waals surface area contributed by atoms with Crippen molar-refractivity contribution < 1.29 is 0 Å². The third-order valence-electron chi connectivity index (χ3n) is 3.54. The molecule has 0 bridgehead atoms. The molecule has 0 unspecified atom stereocenters. The normalized spacial score (nSPS) is 14.0. The van der Waals surface area contributed by atoms with Gasteiger partial charge in [-0.1, -0.05) is 22.0 Å². The van der Waals surface area contributed by atoms with Gasteiger partial charge in [-0.05, 0) is 44.9 Å². The van der Waals surface area contributed by atoms with Crippen LogP contribution in [-0.4, -0.2) is 16.5 Å². The predicted molar refractivity (Wildman–Crippen MR) is 90.3 cm³/mol. The monoisotopic (exact) mass is 346 g/mol. The molecule has 0 radical (unpaired) electrons. The lowest BCUT2D eigenvalue weighted by Gasteiger charge is -2.14. The highest BCUT2D eigenvalue weighted by Crippen LogP contribution is 2.39. The van der Waals surface area contributed by atoms with Crippen molar-refractivity contribution in [3.8, 4) is 0 Å². The summed E-state index contributed by atoms with van der Waals surface area (Å²) in [5, 5.41) is 6.75. The summed E-state index contributed by atoms with van der Waals surface area (Å²) in [6.45, 7) is 4.99. The number of anilines is 3. The zero-order chi connectivity index (χ0) is 14.8. The van der Waals surface area contributed by atoms with E-state index in [1.165, 1.54) is 12.8 Å². The third-order valence-corrected chi connectivity index (χ3v) is 4.03. The molecule has 1 aliphatic carbocycles. The smallest absolute Gasteiger partial charge is 0.139 e. The summed E-state index contributed by atoms with van der Waals surface area (Å²) in [6, 6.07) is 8.11. The molecule has 0 amide bonds. The minimum Gasteiger partial charge on any atom is -0.370 e. The molecule has 4 nitrogen and oxygen atoms in total. The fourth-order valence-corrected chi connectivity index (χ4v) is 2.62. The van der Waals surface area contributed by atoms with Crippen LogP contribution in [-0.2, 0) is 0 Å². The van der Waals surface area contributed by atoms with Gasteiger partial charge in [-0.3, -0.25) is 0 Å². The van der Waals surface area contributed by atoms with E-state index in [0.717, 1.165) is 39.7 Å². The Morgan fingerprint density at radius 3 is 2.67 bits per heavy atom. The van der Waals surface area contributed by atoms with Gasteiger partial charge in [0.25, 0.3) is 0 Å². The maximum atomic E-state index is 4.72. The van der Waals surface area contributed by atoms with Gasteiger partial charge in [0.1, 0.15) is 17.5 Å². The zero-order valence-electron chi connectivity index (χ0n) is 12.3. The first-order valence-electron chi connectivity index (χ1n) is 7.32. The maximum Gasteiger partial charge on any atom is 0.139 e. The fourth-order valence-electron chi connectivity index (χ4n) is 2.22. The molecular formula is C16H19BrN4. The van der Waals surface area contributed by atoms with Crippen LogP contribution in [0.5, 0.6) is 0 Å². The summed E-state index contributed by atoms with van der Waals surface area (Å²) in [4.78, 5) is 9.40. The van der Waals surface area contributed by atoms with Gasteiger partial charge in [0.2, 0.25) is 0 Å². The Hall–Kier alpha value is -1.62. The second-order valence-electron chi connectivity index (χ2n) is 5.34. The first kappa shape index (κ1) is 14.3. The van der Waals surface area contributed by atoms with Crippen LogP contribution in [0.25, 0.3) is 0 Å². The number of nitrogens with zero attached hydrogens (tertiary/aromatic N) is 2. The maximum absolute atomic E-state index is 4.72. The summed E-state index contributed by atoms with van der Waals surface area (Å²) in [5.41, 5.74) is 2.08. The molecule has 0 spiro atoms. The first-order chi connectivity index (χ1) is 10.2. The molecular weight excluding hydrogens is 328 g/mol. The van der Waals surface area contributed by atoms with Crippen molar-refractivity contribution in [1.82, 2.24) is 9.97 Å². The Kier molecular flexibility index (Phi) is 4.10. The van der Waals surface area contributed by atoms with Gasteiger partial charge in [-0.25, -0.2) is 9.97 Å². The van der Waals surface area contributed by atoms with Gasteiger partial charge < -0.3 is 10.6 Å². The van der Waals surface area contributed by atoms with Gasteiger partial charge in [-0.15, -0.1) is 0 Å². The molecule has 3 rings (SSSR count). The summed E-state index contributed by atoms with van der Waals surface area (Å²) in [7, 11) is 0. The third kappa shape index (κ3) is 3.35. The largest absolute Gasteiger partial charge is 0.370 e. The number of halogens is 1. The molecule has 1 saturated carbocycles. The Bertz CT molecular complexity index is 653. The van der Waals surface area contributed by atoms with E-state index in [0.29, 0.717) is 5.92 Å². The number of benzene rings is 1. The van der Waals surface area contributed by atoms with Crippen molar-refractivity contribution in [2.75, 3.05) is 17.2 Å². The standard InChI is InChI=1S/C16H19BrN4/c1-3-18-14-10(2)15(21-16(20-14)11-7-8-11)19-13-6-4-5-12(17)9-13/h4-6,9,11H,3,7-8H2,1-2H3,(H2,18,19,20,21). The van der Waals surface area contributed by atoms with Crippen molar-refractivity contribution in [2.24, 2.45) is 0 Å². The number of aromatic nitrogens is 2. The van der Waals surface area contributed by atoms with Crippen molar-refractivity contribution >= 4 is 33.3 Å². The summed E-state index contributed by atoms with van der Waals surface area (Å²) >= 11 is 3.50. The second-order valence-corrected chi connectivity index (χ2v) is 6.26. The molecule has 1 heterocycles. The van der Waals surface area contributed by atoms with Crippen LogP contribution in [0.15, 0.2) is 28.7 Å². The van der Waals surface area contributed by atoms with Crippen LogP contribution >= 0.6 is 15.9 Å². The van der Waals surface area contributed by atoms with E-state index >= 15 is 0 Å². The highest BCUT2D eigenvalue weighted by Gasteiger charge is 2.28. The Labute approximate surface area is 133 Å². The molecule has 1 fully saturated rings. The van der Waals surface area contributed by atoms with Crippen LogP contribution in [0.1, 0.15) is 37.1 Å². The molecule has 110 valence electrons. The van der Waals surface area contributed by atoms with Crippen molar-refractivity contribution in [2.45, 2.75) is 32.6 Å². The topological polar surface area (TPSA) is 49.8 Å². The van der Waals surface area contributed by atoms with Crippen molar-refractivity contribution in [3.63, 3.8) is 0 Å². The average Bonchev–Trinajstić information content (AvgIpc) is 3.28. The molecule has 0 atom stereocenters. The van der Waals surface area contributed by atoms with Crippen molar-refractivity contribution in [1.29, 1.82) is 0 Å².